The van der Waals surface area contributed by atoms with Gasteiger partial charge in [-0.25, -0.2) is 22.4 Å². The molecule has 0 heterocycles. The molecule has 0 aliphatic rings. The molecule has 0 aliphatic carbocycles. The maximum Gasteiger partial charge on any atom is 0.337 e. The zero-order valence-corrected chi connectivity index (χ0v) is 20.5. The molecule has 0 saturated heterocycles. The van der Waals surface area contributed by atoms with Crippen molar-refractivity contribution in [3.8, 4) is 0 Å². The van der Waals surface area contributed by atoms with Crippen LogP contribution in [0.4, 0.5) is 15.8 Å². The van der Waals surface area contributed by atoms with Gasteiger partial charge in [0.15, 0.2) is 0 Å². The molecular weight excluding hydrogens is 491 g/mol. The molecule has 0 atom stereocenters. The number of hydrogen-bond donors (Lipinski definition) is 1. The predicted molar refractivity (Wildman–Crippen MR) is 130 cm³/mol. The number of esters is 2. The summed E-state index contributed by atoms with van der Waals surface area (Å²) in [5.41, 5.74) is 1.08. The van der Waals surface area contributed by atoms with Gasteiger partial charge in [0.1, 0.15) is 12.4 Å². The fourth-order valence-electron chi connectivity index (χ4n) is 3.26. The van der Waals surface area contributed by atoms with E-state index in [1.54, 1.807) is 12.1 Å². The quantitative estimate of drug-likeness (QED) is 0.457. The lowest BCUT2D eigenvalue weighted by Crippen LogP contribution is -2.38. The van der Waals surface area contributed by atoms with Crippen molar-refractivity contribution in [3.05, 3.63) is 89.2 Å². The van der Waals surface area contributed by atoms with Crippen LogP contribution < -0.4 is 9.62 Å². The van der Waals surface area contributed by atoms with Crippen molar-refractivity contribution >= 4 is 39.2 Å². The van der Waals surface area contributed by atoms with Crippen molar-refractivity contribution < 1.29 is 36.7 Å². The molecular formula is C25H23FN2O7S. The van der Waals surface area contributed by atoms with Gasteiger partial charge in [-0.15, -0.1) is 0 Å². The Labute approximate surface area is 207 Å². The summed E-state index contributed by atoms with van der Waals surface area (Å²) < 4.78 is 50.4. The molecule has 9 nitrogen and oxygen atoms in total. The molecule has 0 radical (unpaired) electrons. The molecule has 0 unspecified atom stereocenters. The molecule has 11 heteroatoms. The van der Waals surface area contributed by atoms with Gasteiger partial charge in [0.25, 0.3) is 10.0 Å². The van der Waals surface area contributed by atoms with E-state index in [2.05, 4.69) is 14.8 Å². The Kier molecular flexibility index (Phi) is 8.05. The van der Waals surface area contributed by atoms with E-state index in [1.165, 1.54) is 30.3 Å². The number of amides is 1. The Morgan fingerprint density at radius 3 is 1.89 bits per heavy atom. The van der Waals surface area contributed by atoms with E-state index in [0.717, 1.165) is 48.4 Å². The second-order valence-electron chi connectivity index (χ2n) is 7.63. The summed E-state index contributed by atoms with van der Waals surface area (Å²) in [5, 5.41) is 2.50. The summed E-state index contributed by atoms with van der Waals surface area (Å²) in [6, 6.07) is 14.5. The number of sulfonamides is 1. The number of carbonyl (C=O) groups excluding carboxylic acids is 3. The maximum absolute atomic E-state index is 13.4. The number of carbonyl (C=O) groups is 3. The number of anilines is 2. The highest BCUT2D eigenvalue weighted by Crippen LogP contribution is 2.25. The lowest BCUT2D eigenvalue weighted by Gasteiger charge is -2.24. The molecule has 0 aliphatic heterocycles. The number of rotatable bonds is 8. The number of nitrogens with zero attached hydrogens (tertiary/aromatic N) is 1. The van der Waals surface area contributed by atoms with Gasteiger partial charge in [-0.3, -0.25) is 9.10 Å². The van der Waals surface area contributed by atoms with Gasteiger partial charge in [0, 0.05) is 5.69 Å². The third kappa shape index (κ3) is 6.05. The van der Waals surface area contributed by atoms with Gasteiger partial charge in [0.2, 0.25) is 5.91 Å². The molecule has 0 bridgehead atoms. The highest BCUT2D eigenvalue weighted by atomic mass is 32.2. The Morgan fingerprint density at radius 2 is 1.39 bits per heavy atom. The average Bonchev–Trinajstić information content (AvgIpc) is 2.86. The lowest BCUT2D eigenvalue weighted by atomic mass is 10.1. The first-order valence-electron chi connectivity index (χ1n) is 10.5. The summed E-state index contributed by atoms with van der Waals surface area (Å²) in [5.74, 6) is -2.88. The highest BCUT2D eigenvalue weighted by Gasteiger charge is 2.27. The lowest BCUT2D eigenvalue weighted by molar-refractivity contribution is -0.114. The number of halogens is 1. The summed E-state index contributed by atoms with van der Waals surface area (Å²) in [6.45, 7) is 1.17. The van der Waals surface area contributed by atoms with Gasteiger partial charge < -0.3 is 14.8 Å². The Balaban J connectivity index is 1.97. The molecule has 3 aromatic rings. The molecule has 1 N–H and O–H groups in total. The van der Waals surface area contributed by atoms with Crippen LogP contribution in [-0.2, 0) is 24.3 Å². The fraction of sp³-hybridized carbons (Fsp3) is 0.160. The smallest absolute Gasteiger partial charge is 0.337 e. The molecule has 0 fully saturated rings. The van der Waals surface area contributed by atoms with Crippen LogP contribution in [0.25, 0.3) is 0 Å². The fourth-order valence-corrected chi connectivity index (χ4v) is 4.68. The minimum absolute atomic E-state index is 0.0231. The van der Waals surface area contributed by atoms with E-state index < -0.39 is 40.2 Å². The van der Waals surface area contributed by atoms with Crippen molar-refractivity contribution in [2.24, 2.45) is 0 Å². The minimum atomic E-state index is -4.26. The summed E-state index contributed by atoms with van der Waals surface area (Å²) in [7, 11) is -1.95. The largest absolute Gasteiger partial charge is 0.465 e. The molecule has 1 amide bonds. The third-order valence-electron chi connectivity index (χ3n) is 5.07. The number of ether oxygens (including phenoxy) is 2. The van der Waals surface area contributed by atoms with Crippen LogP contribution in [0.15, 0.2) is 71.6 Å². The number of methoxy groups -OCH3 is 2. The normalized spacial score (nSPS) is 10.9. The van der Waals surface area contributed by atoms with Crippen molar-refractivity contribution in [1.29, 1.82) is 0 Å². The van der Waals surface area contributed by atoms with Gasteiger partial charge in [0.05, 0.1) is 35.9 Å². The first kappa shape index (κ1) is 26.4. The van der Waals surface area contributed by atoms with Crippen LogP contribution in [0.1, 0.15) is 26.3 Å². The topological polar surface area (TPSA) is 119 Å². The average molecular weight is 515 g/mol. The van der Waals surface area contributed by atoms with Crippen LogP contribution in [0.2, 0.25) is 0 Å². The highest BCUT2D eigenvalue weighted by molar-refractivity contribution is 7.92. The monoisotopic (exact) mass is 514 g/mol. The first-order chi connectivity index (χ1) is 17.0. The third-order valence-corrected chi connectivity index (χ3v) is 6.86. The SMILES string of the molecule is COC(=O)c1cc(NC(=O)CN(c2ccc(C)cc2)S(=O)(=O)c2ccc(F)cc2)cc(C(=O)OC)c1. The van der Waals surface area contributed by atoms with Crippen molar-refractivity contribution in [3.63, 3.8) is 0 Å². The van der Waals surface area contributed by atoms with Crippen LogP contribution in [0.5, 0.6) is 0 Å². The van der Waals surface area contributed by atoms with Crippen LogP contribution in [0, 0.1) is 12.7 Å². The minimum Gasteiger partial charge on any atom is -0.465 e. The van der Waals surface area contributed by atoms with Gasteiger partial charge in [-0.2, -0.15) is 0 Å². The number of aryl methyl sites for hydroxylation is 1. The standard InChI is InChI=1S/C25H23FN2O7S/c1-16-4-8-21(9-5-16)28(36(32,33)22-10-6-19(26)7-11-22)15-23(29)27-20-13-17(24(30)34-2)12-18(14-20)25(31)35-3/h4-14H,15H2,1-3H3,(H,27,29). The molecule has 3 aromatic carbocycles. The molecule has 0 saturated carbocycles. The van der Waals surface area contributed by atoms with Crippen molar-refractivity contribution in [2.75, 3.05) is 30.4 Å². The second kappa shape index (κ2) is 11.0. The number of nitrogens with one attached hydrogen (secondary N) is 1. The molecule has 3 rings (SSSR count). The summed E-state index contributed by atoms with van der Waals surface area (Å²) >= 11 is 0. The summed E-state index contributed by atoms with van der Waals surface area (Å²) in [4.78, 5) is 36.8. The Hall–Kier alpha value is -4.25. The van der Waals surface area contributed by atoms with E-state index in [1.807, 2.05) is 6.92 Å². The zero-order valence-electron chi connectivity index (χ0n) is 19.6. The van der Waals surface area contributed by atoms with E-state index in [0.29, 0.717) is 0 Å². The predicted octanol–water partition coefficient (Wildman–Crippen LogP) is 3.54. The second-order valence-corrected chi connectivity index (χ2v) is 9.49. The van der Waals surface area contributed by atoms with Crippen molar-refractivity contribution in [1.82, 2.24) is 0 Å². The van der Waals surface area contributed by atoms with Crippen LogP contribution in [-0.4, -0.2) is 47.0 Å². The van der Waals surface area contributed by atoms with E-state index in [4.69, 9.17) is 0 Å². The van der Waals surface area contributed by atoms with Crippen molar-refractivity contribution in [2.45, 2.75) is 11.8 Å². The molecule has 188 valence electrons. The van der Waals surface area contributed by atoms with Gasteiger partial charge in [-0.1, -0.05) is 17.7 Å². The van der Waals surface area contributed by atoms with E-state index in [-0.39, 0.29) is 27.4 Å². The van der Waals surface area contributed by atoms with E-state index in [9.17, 15) is 27.2 Å². The number of benzene rings is 3. The molecule has 0 aromatic heterocycles. The van der Waals surface area contributed by atoms with E-state index >= 15 is 0 Å². The van der Waals surface area contributed by atoms with Gasteiger partial charge in [-0.05, 0) is 61.5 Å². The number of hydrogen-bond acceptors (Lipinski definition) is 7. The summed E-state index contributed by atoms with van der Waals surface area (Å²) in [6.07, 6.45) is 0. The Morgan fingerprint density at radius 1 is 0.861 bits per heavy atom. The van der Waals surface area contributed by atoms with Crippen LogP contribution in [0.3, 0.4) is 0 Å². The maximum atomic E-state index is 13.4. The first-order valence-corrected chi connectivity index (χ1v) is 12.0. The Bertz CT molecular complexity index is 1350. The van der Waals surface area contributed by atoms with Gasteiger partial charge >= 0.3 is 11.9 Å². The molecule has 0 spiro atoms. The molecule has 36 heavy (non-hydrogen) atoms. The zero-order chi connectivity index (χ0) is 26.5. The van der Waals surface area contributed by atoms with Crippen LogP contribution >= 0.6 is 0 Å².